The summed E-state index contributed by atoms with van der Waals surface area (Å²) in [6, 6.07) is 13.7. The van der Waals surface area contributed by atoms with Crippen LogP contribution in [-0.4, -0.2) is 12.5 Å². The lowest BCUT2D eigenvalue weighted by Gasteiger charge is -2.19. The zero-order valence-electron chi connectivity index (χ0n) is 15.1. The van der Waals surface area contributed by atoms with E-state index in [1.54, 1.807) is 0 Å². The molecule has 0 aromatic heterocycles. The van der Waals surface area contributed by atoms with Crippen molar-refractivity contribution in [2.45, 2.75) is 46.6 Å². The Bertz CT molecular complexity index is 677. The van der Waals surface area contributed by atoms with Gasteiger partial charge in [-0.05, 0) is 67.6 Å². The van der Waals surface area contributed by atoms with E-state index in [0.29, 0.717) is 12.2 Å². The van der Waals surface area contributed by atoms with Crippen LogP contribution in [0, 0.1) is 13.8 Å². The number of ether oxygens (including phenoxy) is 1. The maximum Gasteiger partial charge on any atom is 0.251 e. The van der Waals surface area contributed by atoms with E-state index < -0.39 is 0 Å². The zero-order chi connectivity index (χ0) is 17.5. The minimum absolute atomic E-state index is 0.0211. The smallest absolute Gasteiger partial charge is 0.251 e. The van der Waals surface area contributed by atoms with Crippen LogP contribution in [0.2, 0.25) is 0 Å². The van der Waals surface area contributed by atoms with Gasteiger partial charge in [-0.15, -0.1) is 0 Å². The van der Waals surface area contributed by atoms with E-state index in [2.05, 4.69) is 51.2 Å². The van der Waals surface area contributed by atoms with Crippen LogP contribution in [0.25, 0.3) is 0 Å². The first-order chi connectivity index (χ1) is 11.5. The van der Waals surface area contributed by atoms with E-state index >= 15 is 0 Å². The molecule has 1 amide bonds. The van der Waals surface area contributed by atoms with Crippen molar-refractivity contribution >= 4 is 5.91 Å². The average molecular weight is 325 g/mol. The maximum atomic E-state index is 12.5. The van der Waals surface area contributed by atoms with Crippen LogP contribution in [-0.2, 0) is 0 Å². The Hall–Kier alpha value is -2.29. The number of carbonyl (C=O) groups excluding carboxylic acids is 1. The molecular weight excluding hydrogens is 298 g/mol. The third kappa shape index (κ3) is 4.60. The molecule has 128 valence electrons. The molecule has 3 nitrogen and oxygen atoms in total. The van der Waals surface area contributed by atoms with Gasteiger partial charge in [0, 0.05) is 5.56 Å². The molecule has 0 aliphatic carbocycles. The summed E-state index contributed by atoms with van der Waals surface area (Å²) in [7, 11) is 0. The molecule has 2 aromatic carbocycles. The Balaban J connectivity index is 2.07. The van der Waals surface area contributed by atoms with Gasteiger partial charge in [-0.25, -0.2) is 0 Å². The van der Waals surface area contributed by atoms with Gasteiger partial charge in [0.25, 0.3) is 5.91 Å². The van der Waals surface area contributed by atoms with Crippen LogP contribution >= 0.6 is 0 Å². The van der Waals surface area contributed by atoms with Gasteiger partial charge in [-0.1, -0.05) is 32.0 Å². The first-order valence-electron chi connectivity index (χ1n) is 8.66. The van der Waals surface area contributed by atoms with Crippen LogP contribution in [0.4, 0.5) is 0 Å². The van der Waals surface area contributed by atoms with Gasteiger partial charge < -0.3 is 10.1 Å². The molecule has 1 N–H and O–H groups in total. The summed E-state index contributed by atoms with van der Waals surface area (Å²) in [5, 5.41) is 3.13. The van der Waals surface area contributed by atoms with Crippen molar-refractivity contribution in [2.75, 3.05) is 6.61 Å². The van der Waals surface area contributed by atoms with Crippen molar-refractivity contribution in [2.24, 2.45) is 0 Å². The highest BCUT2D eigenvalue weighted by molar-refractivity contribution is 5.94. The van der Waals surface area contributed by atoms with Crippen molar-refractivity contribution in [3.8, 4) is 5.75 Å². The summed E-state index contributed by atoms with van der Waals surface area (Å²) >= 11 is 0. The van der Waals surface area contributed by atoms with Crippen LogP contribution in [0.3, 0.4) is 0 Å². The molecule has 24 heavy (non-hydrogen) atoms. The van der Waals surface area contributed by atoms with Gasteiger partial charge in [0.15, 0.2) is 0 Å². The van der Waals surface area contributed by atoms with Gasteiger partial charge in [0.1, 0.15) is 5.75 Å². The monoisotopic (exact) mass is 325 g/mol. The highest BCUT2D eigenvalue weighted by Gasteiger charge is 2.14. The molecule has 0 saturated heterocycles. The Morgan fingerprint density at radius 2 is 1.75 bits per heavy atom. The van der Waals surface area contributed by atoms with Crippen molar-refractivity contribution in [3.63, 3.8) is 0 Å². The molecule has 0 aliphatic heterocycles. The number of amides is 1. The van der Waals surface area contributed by atoms with Crippen LogP contribution < -0.4 is 10.1 Å². The molecule has 1 unspecified atom stereocenters. The molecular formula is C21H27NO2. The molecule has 0 aliphatic rings. The summed E-state index contributed by atoms with van der Waals surface area (Å²) < 4.78 is 5.55. The van der Waals surface area contributed by atoms with Gasteiger partial charge in [0.05, 0.1) is 12.6 Å². The van der Waals surface area contributed by atoms with Gasteiger partial charge in [-0.2, -0.15) is 0 Å². The van der Waals surface area contributed by atoms with Gasteiger partial charge >= 0.3 is 0 Å². The SMILES string of the molecule is CCCOc1ccc(C(=O)NC(CC)c2ccc(C)c(C)c2)cc1. The second-order valence-electron chi connectivity index (χ2n) is 6.15. The second-order valence-corrected chi connectivity index (χ2v) is 6.15. The molecule has 2 aromatic rings. The lowest BCUT2D eigenvalue weighted by molar-refractivity contribution is 0.0935. The molecule has 3 heteroatoms. The maximum absolute atomic E-state index is 12.5. The van der Waals surface area contributed by atoms with Crippen LogP contribution in [0.5, 0.6) is 5.75 Å². The zero-order valence-corrected chi connectivity index (χ0v) is 15.1. The summed E-state index contributed by atoms with van der Waals surface area (Å²) in [6.07, 6.45) is 1.82. The van der Waals surface area contributed by atoms with E-state index in [-0.39, 0.29) is 11.9 Å². The summed E-state index contributed by atoms with van der Waals surface area (Å²) in [5.41, 5.74) is 4.32. The largest absolute Gasteiger partial charge is 0.494 e. The lowest BCUT2D eigenvalue weighted by Crippen LogP contribution is -2.28. The highest BCUT2D eigenvalue weighted by Crippen LogP contribution is 2.21. The lowest BCUT2D eigenvalue weighted by atomic mass is 9.99. The standard InChI is InChI=1S/C21H27NO2/c1-5-13-24-19-11-9-17(10-12-19)21(23)22-20(6-2)18-8-7-15(3)16(4)14-18/h7-12,14,20H,5-6,13H2,1-4H3,(H,22,23). The number of nitrogens with one attached hydrogen (secondary N) is 1. The minimum Gasteiger partial charge on any atom is -0.494 e. The quantitative estimate of drug-likeness (QED) is 0.780. The topological polar surface area (TPSA) is 38.3 Å². The Morgan fingerprint density at radius 3 is 2.33 bits per heavy atom. The number of benzene rings is 2. The average Bonchev–Trinajstić information content (AvgIpc) is 2.60. The van der Waals surface area contributed by atoms with E-state index in [1.807, 2.05) is 24.3 Å². The minimum atomic E-state index is -0.0536. The van der Waals surface area contributed by atoms with Crippen molar-refractivity contribution in [1.82, 2.24) is 5.32 Å². The number of carbonyl (C=O) groups is 1. The van der Waals surface area contributed by atoms with E-state index in [1.165, 1.54) is 11.1 Å². The summed E-state index contributed by atoms with van der Waals surface area (Å²) in [6.45, 7) is 9.04. The van der Waals surface area contributed by atoms with E-state index in [0.717, 1.165) is 24.2 Å². The third-order valence-corrected chi connectivity index (χ3v) is 4.24. The molecule has 1 atom stereocenters. The van der Waals surface area contributed by atoms with Crippen LogP contribution in [0.1, 0.15) is 59.8 Å². The number of hydrogen-bond donors (Lipinski definition) is 1. The first kappa shape index (κ1) is 18.1. The van der Waals surface area contributed by atoms with Crippen molar-refractivity contribution in [3.05, 3.63) is 64.7 Å². The molecule has 2 rings (SSSR count). The van der Waals surface area contributed by atoms with E-state index in [4.69, 9.17) is 4.74 Å². The molecule has 0 saturated carbocycles. The molecule has 0 bridgehead atoms. The first-order valence-corrected chi connectivity index (χ1v) is 8.66. The summed E-state index contributed by atoms with van der Waals surface area (Å²) in [5.74, 6) is 0.747. The fraction of sp³-hybridized carbons (Fsp3) is 0.381. The fourth-order valence-electron chi connectivity index (χ4n) is 2.57. The molecule has 0 heterocycles. The van der Waals surface area contributed by atoms with Crippen molar-refractivity contribution < 1.29 is 9.53 Å². The summed E-state index contributed by atoms with van der Waals surface area (Å²) in [4.78, 5) is 12.5. The van der Waals surface area contributed by atoms with E-state index in [9.17, 15) is 4.79 Å². The predicted molar refractivity (Wildman–Crippen MR) is 98.6 cm³/mol. The van der Waals surface area contributed by atoms with Gasteiger partial charge in [-0.3, -0.25) is 4.79 Å². The Morgan fingerprint density at radius 1 is 1.04 bits per heavy atom. The molecule has 0 spiro atoms. The third-order valence-electron chi connectivity index (χ3n) is 4.24. The second kappa shape index (κ2) is 8.53. The highest BCUT2D eigenvalue weighted by atomic mass is 16.5. The van der Waals surface area contributed by atoms with Crippen LogP contribution in [0.15, 0.2) is 42.5 Å². The Labute approximate surface area is 145 Å². The normalized spacial score (nSPS) is 11.8. The predicted octanol–water partition coefficient (Wildman–Crippen LogP) is 4.97. The number of rotatable bonds is 7. The fourth-order valence-corrected chi connectivity index (χ4v) is 2.57. The van der Waals surface area contributed by atoms with Gasteiger partial charge in [0.2, 0.25) is 0 Å². The molecule has 0 fully saturated rings. The molecule has 0 radical (unpaired) electrons. The Kier molecular flexibility index (Phi) is 6.42. The number of aryl methyl sites for hydroxylation is 2. The number of hydrogen-bond acceptors (Lipinski definition) is 2. The van der Waals surface area contributed by atoms with Crippen molar-refractivity contribution in [1.29, 1.82) is 0 Å².